The van der Waals surface area contributed by atoms with Gasteiger partial charge in [-0.1, -0.05) is 30.3 Å². The van der Waals surface area contributed by atoms with Gasteiger partial charge in [0.05, 0.1) is 0 Å². The Hall–Kier alpha value is -0.900. The molecule has 0 aliphatic carbocycles. The van der Waals surface area contributed by atoms with E-state index in [1.165, 1.54) is 44.6 Å². The van der Waals surface area contributed by atoms with E-state index in [4.69, 9.17) is 5.73 Å². The van der Waals surface area contributed by atoms with Gasteiger partial charge in [-0.25, -0.2) is 0 Å². The molecule has 2 N–H and O–H groups in total. The highest BCUT2D eigenvalue weighted by Crippen LogP contribution is 2.40. The van der Waals surface area contributed by atoms with Gasteiger partial charge in [-0.2, -0.15) is 0 Å². The Morgan fingerprint density at radius 3 is 2.32 bits per heavy atom. The van der Waals surface area contributed by atoms with Crippen LogP contribution in [0.25, 0.3) is 0 Å². The molecule has 19 heavy (non-hydrogen) atoms. The quantitative estimate of drug-likeness (QED) is 0.890. The van der Waals surface area contributed by atoms with Gasteiger partial charge in [0, 0.05) is 32.7 Å². The third-order valence-electron chi connectivity index (χ3n) is 4.73. The third kappa shape index (κ3) is 2.99. The second-order valence-electron chi connectivity index (χ2n) is 6.26. The Kier molecular flexibility index (Phi) is 3.87. The molecule has 1 aromatic rings. The Balaban J connectivity index is 1.46. The van der Waals surface area contributed by atoms with Crippen molar-refractivity contribution >= 4 is 0 Å². The van der Waals surface area contributed by atoms with Crippen LogP contribution < -0.4 is 5.73 Å². The fraction of sp³-hybridized carbons (Fsp3) is 0.625. The van der Waals surface area contributed by atoms with E-state index in [0.29, 0.717) is 5.41 Å². The molecule has 2 heterocycles. The lowest BCUT2D eigenvalue weighted by atomic mass is 9.72. The first-order valence-electron chi connectivity index (χ1n) is 7.48. The Bertz CT molecular complexity index is 388. The van der Waals surface area contributed by atoms with E-state index in [9.17, 15) is 0 Å². The first-order chi connectivity index (χ1) is 9.30. The number of benzene rings is 1. The summed E-state index contributed by atoms with van der Waals surface area (Å²) in [6.45, 7) is 8.07. The van der Waals surface area contributed by atoms with Crippen molar-refractivity contribution in [3.63, 3.8) is 0 Å². The summed E-state index contributed by atoms with van der Waals surface area (Å²) in [5, 5.41) is 0. The van der Waals surface area contributed by atoms with Gasteiger partial charge >= 0.3 is 0 Å². The first kappa shape index (κ1) is 13.1. The molecule has 0 saturated carbocycles. The molecule has 2 saturated heterocycles. The summed E-state index contributed by atoms with van der Waals surface area (Å²) in [5.41, 5.74) is 7.68. The Labute approximate surface area is 116 Å². The number of likely N-dealkylation sites (tertiary alicyclic amines) is 2. The molecule has 2 aliphatic rings. The fourth-order valence-corrected chi connectivity index (χ4v) is 3.59. The lowest BCUT2D eigenvalue weighted by Gasteiger charge is -2.54. The van der Waals surface area contributed by atoms with E-state index in [-0.39, 0.29) is 0 Å². The van der Waals surface area contributed by atoms with Crippen LogP contribution in [0.3, 0.4) is 0 Å². The van der Waals surface area contributed by atoms with Crippen LogP contribution in [-0.2, 0) is 6.54 Å². The van der Waals surface area contributed by atoms with Crippen molar-refractivity contribution in [3.8, 4) is 0 Å². The zero-order chi connectivity index (χ0) is 13.1. The van der Waals surface area contributed by atoms with Gasteiger partial charge < -0.3 is 10.6 Å². The molecule has 2 fully saturated rings. The Morgan fingerprint density at radius 1 is 1.00 bits per heavy atom. The average molecular weight is 259 g/mol. The van der Waals surface area contributed by atoms with Crippen LogP contribution in [0.5, 0.6) is 0 Å². The monoisotopic (exact) mass is 259 g/mol. The third-order valence-corrected chi connectivity index (χ3v) is 4.73. The molecule has 104 valence electrons. The molecule has 0 unspecified atom stereocenters. The smallest absolute Gasteiger partial charge is 0.0233 e. The maximum Gasteiger partial charge on any atom is 0.0233 e. The number of nitrogens with two attached hydrogens (primary N) is 1. The van der Waals surface area contributed by atoms with E-state index >= 15 is 0 Å². The largest absolute Gasteiger partial charge is 0.329 e. The predicted molar refractivity (Wildman–Crippen MR) is 78.9 cm³/mol. The standard InChI is InChI=1S/C16H25N3/c17-8-11-19-13-16(14-19)6-9-18(10-7-16)12-15-4-2-1-3-5-15/h1-5H,6-14,17H2. The van der Waals surface area contributed by atoms with E-state index in [1.807, 2.05) is 0 Å². The van der Waals surface area contributed by atoms with Crippen LogP contribution in [0.15, 0.2) is 30.3 Å². The molecule has 3 nitrogen and oxygen atoms in total. The van der Waals surface area contributed by atoms with Crippen molar-refractivity contribution < 1.29 is 0 Å². The minimum Gasteiger partial charge on any atom is -0.329 e. The summed E-state index contributed by atoms with van der Waals surface area (Å²) >= 11 is 0. The fourth-order valence-electron chi connectivity index (χ4n) is 3.59. The minimum atomic E-state index is 0.627. The summed E-state index contributed by atoms with van der Waals surface area (Å²) < 4.78 is 0. The average Bonchev–Trinajstić information content (AvgIpc) is 2.41. The summed E-state index contributed by atoms with van der Waals surface area (Å²) in [4.78, 5) is 5.11. The minimum absolute atomic E-state index is 0.627. The van der Waals surface area contributed by atoms with Gasteiger partial charge in [0.2, 0.25) is 0 Å². The maximum absolute atomic E-state index is 5.61. The molecule has 3 rings (SSSR count). The van der Waals surface area contributed by atoms with Crippen molar-refractivity contribution in [1.29, 1.82) is 0 Å². The number of rotatable bonds is 4. The van der Waals surface area contributed by atoms with E-state index in [2.05, 4.69) is 40.1 Å². The van der Waals surface area contributed by atoms with Gasteiger partial charge in [0.15, 0.2) is 0 Å². The highest BCUT2D eigenvalue weighted by atomic mass is 15.2. The zero-order valence-electron chi connectivity index (χ0n) is 11.7. The molecule has 0 amide bonds. The number of hydrogen-bond donors (Lipinski definition) is 1. The molecule has 1 spiro atoms. The second kappa shape index (κ2) is 5.61. The molecule has 0 atom stereocenters. The molecular formula is C16H25N3. The van der Waals surface area contributed by atoms with E-state index in [0.717, 1.165) is 19.6 Å². The number of hydrogen-bond acceptors (Lipinski definition) is 3. The summed E-state index contributed by atoms with van der Waals surface area (Å²) in [6.07, 6.45) is 2.72. The molecule has 0 radical (unpaired) electrons. The van der Waals surface area contributed by atoms with Crippen LogP contribution in [0.1, 0.15) is 18.4 Å². The summed E-state index contributed by atoms with van der Waals surface area (Å²) in [7, 11) is 0. The van der Waals surface area contributed by atoms with Crippen LogP contribution in [0.2, 0.25) is 0 Å². The van der Waals surface area contributed by atoms with E-state index < -0.39 is 0 Å². The lowest BCUT2D eigenvalue weighted by Crippen LogP contribution is -2.60. The topological polar surface area (TPSA) is 32.5 Å². The van der Waals surface area contributed by atoms with E-state index in [1.54, 1.807) is 0 Å². The van der Waals surface area contributed by atoms with Crippen molar-refractivity contribution in [2.75, 3.05) is 39.3 Å². The van der Waals surface area contributed by atoms with Gasteiger partial charge in [-0.05, 0) is 36.9 Å². The van der Waals surface area contributed by atoms with Gasteiger partial charge in [0.1, 0.15) is 0 Å². The molecular weight excluding hydrogens is 234 g/mol. The van der Waals surface area contributed by atoms with Gasteiger partial charge in [-0.15, -0.1) is 0 Å². The Morgan fingerprint density at radius 2 is 1.68 bits per heavy atom. The van der Waals surface area contributed by atoms with Crippen LogP contribution in [0.4, 0.5) is 0 Å². The number of nitrogens with zero attached hydrogens (tertiary/aromatic N) is 2. The van der Waals surface area contributed by atoms with Crippen molar-refractivity contribution in [2.24, 2.45) is 11.1 Å². The van der Waals surface area contributed by atoms with Crippen molar-refractivity contribution in [1.82, 2.24) is 9.80 Å². The summed E-state index contributed by atoms with van der Waals surface area (Å²) in [5.74, 6) is 0. The highest BCUT2D eigenvalue weighted by Gasteiger charge is 2.43. The molecule has 0 bridgehead atoms. The first-order valence-corrected chi connectivity index (χ1v) is 7.48. The molecule has 2 aliphatic heterocycles. The zero-order valence-corrected chi connectivity index (χ0v) is 11.7. The van der Waals surface area contributed by atoms with Gasteiger partial charge in [-0.3, -0.25) is 4.90 Å². The molecule has 1 aromatic carbocycles. The van der Waals surface area contributed by atoms with Crippen molar-refractivity contribution in [2.45, 2.75) is 19.4 Å². The SMILES string of the molecule is NCCN1CC2(CCN(Cc3ccccc3)CC2)C1. The summed E-state index contributed by atoms with van der Waals surface area (Å²) in [6, 6.07) is 10.8. The van der Waals surface area contributed by atoms with Crippen molar-refractivity contribution in [3.05, 3.63) is 35.9 Å². The lowest BCUT2D eigenvalue weighted by molar-refractivity contribution is -0.0458. The van der Waals surface area contributed by atoms with Crippen LogP contribution in [-0.4, -0.2) is 49.1 Å². The van der Waals surface area contributed by atoms with Gasteiger partial charge in [0.25, 0.3) is 0 Å². The predicted octanol–water partition coefficient (Wildman–Crippen LogP) is 1.54. The molecule has 0 aromatic heterocycles. The van der Waals surface area contributed by atoms with Crippen LogP contribution >= 0.6 is 0 Å². The highest BCUT2D eigenvalue weighted by molar-refractivity contribution is 5.14. The van der Waals surface area contributed by atoms with Crippen LogP contribution in [0, 0.1) is 5.41 Å². The number of piperidine rings is 1. The molecule has 3 heteroatoms. The second-order valence-corrected chi connectivity index (χ2v) is 6.26. The normalized spacial score (nSPS) is 23.4. The maximum atomic E-state index is 5.61.